The molecule has 0 aliphatic heterocycles. The van der Waals surface area contributed by atoms with Gasteiger partial charge in [0.25, 0.3) is 11.8 Å². The van der Waals surface area contributed by atoms with Crippen LogP contribution in [0.5, 0.6) is 5.88 Å². The lowest BCUT2D eigenvalue weighted by Crippen LogP contribution is -1.82. The summed E-state index contributed by atoms with van der Waals surface area (Å²) in [7, 11) is 1.50. The first-order chi connectivity index (χ1) is 6.29. The van der Waals surface area contributed by atoms with Gasteiger partial charge < -0.3 is 13.6 Å². The summed E-state index contributed by atoms with van der Waals surface area (Å²) in [5.74, 6) is 1.36. The number of oxazole rings is 1. The van der Waals surface area contributed by atoms with E-state index in [0.717, 1.165) is 0 Å². The number of ether oxygens (including phenoxy) is 1. The fraction of sp³-hybridized carbons (Fsp3) is 0.286. The monoisotopic (exact) mass is 181 g/mol. The van der Waals surface area contributed by atoms with E-state index in [4.69, 9.17) is 13.6 Å². The lowest BCUT2D eigenvalue weighted by Gasteiger charge is -1.85. The number of aryl methyl sites for hydroxylation is 1. The minimum atomic E-state index is 0.251. The molecule has 0 N–H and O–H groups in total. The average molecular weight is 181 g/mol. The van der Waals surface area contributed by atoms with Gasteiger partial charge in [0, 0.05) is 6.92 Å². The molecule has 0 atom stereocenters. The average Bonchev–Trinajstić information content (AvgIpc) is 2.71. The van der Waals surface area contributed by atoms with Gasteiger partial charge in [-0.3, -0.25) is 0 Å². The van der Waals surface area contributed by atoms with Gasteiger partial charge in [-0.1, -0.05) is 0 Å². The molecule has 0 aliphatic carbocycles. The zero-order valence-electron chi connectivity index (χ0n) is 7.14. The summed E-state index contributed by atoms with van der Waals surface area (Å²) < 4.78 is 14.9. The normalized spacial score (nSPS) is 10.3. The van der Waals surface area contributed by atoms with Crippen LogP contribution in [0.25, 0.3) is 11.8 Å². The van der Waals surface area contributed by atoms with E-state index >= 15 is 0 Å². The summed E-state index contributed by atoms with van der Waals surface area (Å²) in [5.41, 5.74) is 0. The van der Waals surface area contributed by atoms with E-state index in [0.29, 0.717) is 11.8 Å². The molecule has 0 amide bonds. The molecule has 0 bridgehead atoms. The van der Waals surface area contributed by atoms with Crippen molar-refractivity contribution in [3.05, 3.63) is 12.2 Å². The van der Waals surface area contributed by atoms with E-state index < -0.39 is 0 Å². The summed E-state index contributed by atoms with van der Waals surface area (Å²) >= 11 is 0. The van der Waals surface area contributed by atoms with Gasteiger partial charge in [0.2, 0.25) is 5.89 Å². The van der Waals surface area contributed by atoms with Gasteiger partial charge in [0.15, 0.2) is 6.26 Å². The van der Waals surface area contributed by atoms with Gasteiger partial charge in [0.1, 0.15) is 0 Å². The second-order valence-electron chi connectivity index (χ2n) is 2.32. The molecule has 2 aromatic heterocycles. The molecular weight excluding hydrogens is 174 g/mol. The third-order valence-electron chi connectivity index (χ3n) is 1.40. The van der Waals surface area contributed by atoms with Crippen molar-refractivity contribution in [1.82, 2.24) is 15.2 Å². The number of rotatable bonds is 2. The second kappa shape index (κ2) is 2.89. The van der Waals surface area contributed by atoms with Crippen LogP contribution < -0.4 is 4.74 Å². The van der Waals surface area contributed by atoms with E-state index in [9.17, 15) is 0 Å². The third-order valence-corrected chi connectivity index (χ3v) is 1.40. The Balaban J connectivity index is 2.35. The number of hydrogen-bond acceptors (Lipinski definition) is 6. The number of nitrogens with zero attached hydrogens (tertiary/aromatic N) is 3. The van der Waals surface area contributed by atoms with Crippen molar-refractivity contribution in [2.24, 2.45) is 0 Å². The molecule has 6 nitrogen and oxygen atoms in total. The maximum Gasteiger partial charge on any atom is 0.304 e. The van der Waals surface area contributed by atoms with E-state index in [-0.39, 0.29) is 11.8 Å². The van der Waals surface area contributed by atoms with Crippen molar-refractivity contribution in [3.63, 3.8) is 0 Å². The highest BCUT2D eigenvalue weighted by Crippen LogP contribution is 2.19. The number of hydrogen-bond donors (Lipinski definition) is 0. The second-order valence-corrected chi connectivity index (χ2v) is 2.32. The first-order valence-corrected chi connectivity index (χ1v) is 3.59. The summed E-state index contributed by atoms with van der Waals surface area (Å²) in [6.45, 7) is 1.69. The first kappa shape index (κ1) is 7.78. The Morgan fingerprint density at radius 2 is 2.15 bits per heavy atom. The molecule has 0 spiro atoms. The highest BCUT2D eigenvalue weighted by atomic mass is 16.5. The van der Waals surface area contributed by atoms with Crippen LogP contribution >= 0.6 is 0 Å². The molecule has 68 valence electrons. The predicted octanol–water partition coefficient (Wildman–Crippen LogP) is 1.04. The van der Waals surface area contributed by atoms with Crippen LogP contribution in [-0.4, -0.2) is 22.3 Å². The Labute approximate surface area is 73.5 Å². The summed E-state index contributed by atoms with van der Waals surface area (Å²) in [6, 6.07) is 0. The quantitative estimate of drug-likeness (QED) is 0.689. The van der Waals surface area contributed by atoms with Gasteiger partial charge in [-0.15, -0.1) is 10.2 Å². The van der Waals surface area contributed by atoms with Gasteiger partial charge in [0.05, 0.1) is 7.11 Å². The van der Waals surface area contributed by atoms with E-state index in [1.54, 1.807) is 6.92 Å². The topological polar surface area (TPSA) is 74.2 Å². The van der Waals surface area contributed by atoms with Gasteiger partial charge >= 0.3 is 5.89 Å². The lowest BCUT2D eigenvalue weighted by atomic mass is 10.7. The summed E-state index contributed by atoms with van der Waals surface area (Å²) in [5, 5.41) is 7.38. The highest BCUT2D eigenvalue weighted by molar-refractivity contribution is 5.37. The molecule has 2 aromatic rings. The Bertz CT molecular complexity index is 407. The predicted molar refractivity (Wildman–Crippen MR) is 41.1 cm³/mol. The fourth-order valence-corrected chi connectivity index (χ4v) is 0.834. The van der Waals surface area contributed by atoms with E-state index in [1.165, 1.54) is 13.4 Å². The van der Waals surface area contributed by atoms with Gasteiger partial charge in [-0.2, -0.15) is 4.98 Å². The molecule has 6 heteroatoms. The van der Waals surface area contributed by atoms with Crippen LogP contribution in [0.1, 0.15) is 5.89 Å². The van der Waals surface area contributed by atoms with Crippen LogP contribution in [-0.2, 0) is 0 Å². The molecule has 0 fully saturated rings. The Morgan fingerprint density at radius 1 is 1.31 bits per heavy atom. The smallest absolute Gasteiger partial charge is 0.304 e. The molecule has 13 heavy (non-hydrogen) atoms. The Hall–Kier alpha value is -1.85. The van der Waals surface area contributed by atoms with Crippen molar-refractivity contribution in [2.45, 2.75) is 6.92 Å². The molecule has 0 saturated heterocycles. The van der Waals surface area contributed by atoms with E-state index in [2.05, 4.69) is 15.2 Å². The zero-order chi connectivity index (χ0) is 9.26. The Morgan fingerprint density at radius 3 is 2.69 bits per heavy atom. The fourth-order valence-electron chi connectivity index (χ4n) is 0.834. The third kappa shape index (κ3) is 1.37. The maximum absolute atomic E-state index is 5.09. The number of methoxy groups -OCH3 is 1. The lowest BCUT2D eigenvalue weighted by molar-refractivity contribution is 0.395. The SMILES string of the molecule is COc1coc(-c2nnc(C)o2)n1. The van der Waals surface area contributed by atoms with Crippen molar-refractivity contribution in [2.75, 3.05) is 7.11 Å². The van der Waals surface area contributed by atoms with Gasteiger partial charge in [-0.05, 0) is 0 Å². The molecule has 0 saturated carbocycles. The zero-order valence-corrected chi connectivity index (χ0v) is 7.14. The van der Waals surface area contributed by atoms with Crippen LogP contribution in [0.3, 0.4) is 0 Å². The van der Waals surface area contributed by atoms with Crippen molar-refractivity contribution in [1.29, 1.82) is 0 Å². The maximum atomic E-state index is 5.09. The van der Waals surface area contributed by atoms with Gasteiger partial charge in [-0.25, -0.2) is 0 Å². The summed E-state index contributed by atoms with van der Waals surface area (Å²) in [6.07, 6.45) is 1.37. The minimum absolute atomic E-state index is 0.251. The van der Waals surface area contributed by atoms with Crippen molar-refractivity contribution < 1.29 is 13.6 Å². The summed E-state index contributed by atoms with van der Waals surface area (Å²) in [4.78, 5) is 3.93. The van der Waals surface area contributed by atoms with Crippen molar-refractivity contribution >= 4 is 0 Å². The van der Waals surface area contributed by atoms with Crippen LogP contribution in [0, 0.1) is 6.92 Å². The molecule has 0 unspecified atom stereocenters. The molecule has 2 heterocycles. The molecule has 2 rings (SSSR count). The standard InChI is InChI=1S/C7H7N3O3/c1-4-9-10-7(13-4)6-8-5(11-2)3-12-6/h3H,1-2H3. The minimum Gasteiger partial charge on any atom is -0.479 e. The number of aromatic nitrogens is 3. The molecule has 0 radical (unpaired) electrons. The van der Waals surface area contributed by atoms with Crippen LogP contribution in [0.15, 0.2) is 15.1 Å². The van der Waals surface area contributed by atoms with Crippen LogP contribution in [0.2, 0.25) is 0 Å². The molecular formula is C7H7N3O3. The van der Waals surface area contributed by atoms with E-state index in [1.807, 2.05) is 0 Å². The highest BCUT2D eigenvalue weighted by Gasteiger charge is 2.12. The van der Waals surface area contributed by atoms with Crippen LogP contribution in [0.4, 0.5) is 0 Å². The Kier molecular flexibility index (Phi) is 1.73. The largest absolute Gasteiger partial charge is 0.479 e. The molecule has 0 aliphatic rings. The molecule has 0 aromatic carbocycles. The first-order valence-electron chi connectivity index (χ1n) is 3.59. The van der Waals surface area contributed by atoms with Crippen molar-refractivity contribution in [3.8, 4) is 17.7 Å².